The molecule has 0 aliphatic carbocycles. The highest BCUT2D eigenvalue weighted by molar-refractivity contribution is 5.75. The first-order valence-electron chi connectivity index (χ1n) is 5.00. The van der Waals surface area contributed by atoms with Crippen LogP contribution in [0.1, 0.15) is 13.8 Å². The molecule has 1 rings (SSSR count). The maximum atomic E-state index is 13.5. The van der Waals surface area contributed by atoms with Crippen molar-refractivity contribution >= 4 is 11.8 Å². The van der Waals surface area contributed by atoms with Gasteiger partial charge in [-0.3, -0.25) is 4.79 Å². The van der Waals surface area contributed by atoms with Crippen LogP contribution in [0.5, 0.6) is 0 Å². The molecule has 1 aromatic rings. The highest BCUT2D eigenvalue weighted by Crippen LogP contribution is 2.17. The van der Waals surface area contributed by atoms with Crippen LogP contribution in [0.25, 0.3) is 0 Å². The third kappa shape index (κ3) is 2.92. The molecule has 1 aromatic heterocycles. The zero-order valence-electron chi connectivity index (χ0n) is 9.61. The SMILES string of the molecule is COC(=O)CN(c1ncccc1F)C(C)C. The van der Waals surface area contributed by atoms with E-state index in [-0.39, 0.29) is 18.4 Å². The van der Waals surface area contributed by atoms with Crippen LogP contribution in [-0.4, -0.2) is 30.6 Å². The van der Waals surface area contributed by atoms with E-state index in [0.29, 0.717) is 0 Å². The Kier molecular flexibility index (Phi) is 4.22. The third-order valence-corrected chi connectivity index (χ3v) is 2.16. The minimum Gasteiger partial charge on any atom is -0.468 e. The molecule has 4 nitrogen and oxygen atoms in total. The number of carbonyl (C=O) groups is 1. The highest BCUT2D eigenvalue weighted by Gasteiger charge is 2.19. The Morgan fingerprint density at radius 1 is 1.62 bits per heavy atom. The lowest BCUT2D eigenvalue weighted by Crippen LogP contribution is -2.37. The number of ether oxygens (including phenoxy) is 1. The van der Waals surface area contributed by atoms with Gasteiger partial charge in [0.05, 0.1) is 7.11 Å². The average Bonchev–Trinajstić information content (AvgIpc) is 2.26. The molecule has 0 aromatic carbocycles. The van der Waals surface area contributed by atoms with E-state index in [1.165, 1.54) is 25.4 Å². The number of hydrogen-bond donors (Lipinski definition) is 0. The molecule has 0 spiro atoms. The van der Waals surface area contributed by atoms with Crippen LogP contribution in [0.4, 0.5) is 10.2 Å². The predicted molar refractivity (Wildman–Crippen MR) is 58.7 cm³/mol. The number of carbonyl (C=O) groups excluding carboxylic acids is 1. The first-order valence-corrected chi connectivity index (χ1v) is 5.00. The molecule has 0 saturated carbocycles. The zero-order valence-corrected chi connectivity index (χ0v) is 9.61. The van der Waals surface area contributed by atoms with Gasteiger partial charge in [0.1, 0.15) is 6.54 Å². The van der Waals surface area contributed by atoms with E-state index in [9.17, 15) is 9.18 Å². The van der Waals surface area contributed by atoms with Gasteiger partial charge in [-0.25, -0.2) is 9.37 Å². The quantitative estimate of drug-likeness (QED) is 0.731. The van der Waals surface area contributed by atoms with Crippen molar-refractivity contribution in [3.05, 3.63) is 24.1 Å². The first-order chi connectivity index (χ1) is 7.56. The average molecular weight is 226 g/mol. The van der Waals surface area contributed by atoms with Gasteiger partial charge in [-0.15, -0.1) is 0 Å². The Labute approximate surface area is 94.0 Å². The van der Waals surface area contributed by atoms with Crippen LogP contribution in [0.15, 0.2) is 18.3 Å². The second-order valence-electron chi connectivity index (χ2n) is 3.61. The van der Waals surface area contributed by atoms with E-state index in [1.54, 1.807) is 4.90 Å². The molecule has 0 saturated heterocycles. The lowest BCUT2D eigenvalue weighted by Gasteiger charge is -2.26. The fraction of sp³-hybridized carbons (Fsp3) is 0.455. The van der Waals surface area contributed by atoms with Gasteiger partial charge in [-0.2, -0.15) is 0 Å². The second-order valence-corrected chi connectivity index (χ2v) is 3.61. The molecule has 0 radical (unpaired) electrons. The number of rotatable bonds is 4. The minimum absolute atomic E-state index is 0.0118. The van der Waals surface area contributed by atoms with Crippen LogP contribution in [0.3, 0.4) is 0 Å². The summed E-state index contributed by atoms with van der Waals surface area (Å²) in [7, 11) is 1.30. The molecule has 0 aliphatic rings. The van der Waals surface area contributed by atoms with Gasteiger partial charge in [-0.05, 0) is 26.0 Å². The first kappa shape index (κ1) is 12.4. The molecule has 0 unspecified atom stereocenters. The number of pyridine rings is 1. The van der Waals surface area contributed by atoms with E-state index < -0.39 is 11.8 Å². The summed E-state index contributed by atoms with van der Waals surface area (Å²) in [5, 5.41) is 0. The van der Waals surface area contributed by atoms with E-state index in [0.717, 1.165) is 0 Å². The number of nitrogens with zero attached hydrogens (tertiary/aromatic N) is 2. The molecule has 0 atom stereocenters. The maximum Gasteiger partial charge on any atom is 0.325 e. The fourth-order valence-corrected chi connectivity index (χ4v) is 1.29. The second kappa shape index (κ2) is 5.44. The van der Waals surface area contributed by atoms with E-state index in [2.05, 4.69) is 9.72 Å². The summed E-state index contributed by atoms with van der Waals surface area (Å²) < 4.78 is 18.1. The maximum absolute atomic E-state index is 13.5. The number of anilines is 1. The largest absolute Gasteiger partial charge is 0.468 e. The van der Waals surface area contributed by atoms with Crippen molar-refractivity contribution in [2.45, 2.75) is 19.9 Å². The number of aromatic nitrogens is 1. The van der Waals surface area contributed by atoms with Gasteiger partial charge in [-0.1, -0.05) is 0 Å². The normalized spacial score (nSPS) is 10.3. The molecule has 0 bridgehead atoms. The minimum atomic E-state index is -0.444. The molecule has 0 fully saturated rings. The van der Waals surface area contributed by atoms with Crippen LogP contribution < -0.4 is 4.90 Å². The van der Waals surface area contributed by atoms with Crippen molar-refractivity contribution in [1.29, 1.82) is 0 Å². The van der Waals surface area contributed by atoms with Gasteiger partial charge in [0, 0.05) is 12.2 Å². The molecule has 16 heavy (non-hydrogen) atoms. The Morgan fingerprint density at radius 3 is 2.81 bits per heavy atom. The van der Waals surface area contributed by atoms with Crippen molar-refractivity contribution in [1.82, 2.24) is 4.98 Å². The standard InChI is InChI=1S/C11H15FN2O2/c1-8(2)14(7-10(15)16-3)11-9(12)5-4-6-13-11/h4-6,8H,7H2,1-3H3. The number of methoxy groups -OCH3 is 1. The van der Waals surface area contributed by atoms with Crippen LogP contribution in [0.2, 0.25) is 0 Å². The molecular formula is C11H15FN2O2. The lowest BCUT2D eigenvalue weighted by atomic mass is 10.3. The van der Waals surface area contributed by atoms with Gasteiger partial charge in [0.25, 0.3) is 0 Å². The summed E-state index contributed by atoms with van der Waals surface area (Å²) >= 11 is 0. The molecule has 0 N–H and O–H groups in total. The smallest absolute Gasteiger partial charge is 0.325 e. The Morgan fingerprint density at radius 2 is 2.31 bits per heavy atom. The zero-order chi connectivity index (χ0) is 12.1. The van der Waals surface area contributed by atoms with Crippen molar-refractivity contribution in [2.75, 3.05) is 18.6 Å². The molecular weight excluding hydrogens is 211 g/mol. The molecule has 0 amide bonds. The summed E-state index contributed by atoms with van der Waals surface area (Å²) in [6, 6.07) is 2.79. The number of esters is 1. The van der Waals surface area contributed by atoms with Crippen LogP contribution >= 0.6 is 0 Å². The molecule has 1 heterocycles. The van der Waals surface area contributed by atoms with E-state index >= 15 is 0 Å². The van der Waals surface area contributed by atoms with Gasteiger partial charge in [0.2, 0.25) is 0 Å². The van der Waals surface area contributed by atoms with Crippen molar-refractivity contribution < 1.29 is 13.9 Å². The summed E-state index contributed by atoms with van der Waals surface area (Å²) in [6.07, 6.45) is 1.49. The summed E-state index contributed by atoms with van der Waals surface area (Å²) in [5.74, 6) is -0.693. The van der Waals surface area contributed by atoms with Crippen LogP contribution in [-0.2, 0) is 9.53 Å². The van der Waals surface area contributed by atoms with Gasteiger partial charge < -0.3 is 9.64 Å². The van der Waals surface area contributed by atoms with Gasteiger partial charge in [0.15, 0.2) is 11.6 Å². The fourth-order valence-electron chi connectivity index (χ4n) is 1.29. The lowest BCUT2D eigenvalue weighted by molar-refractivity contribution is -0.139. The molecule has 88 valence electrons. The Balaban J connectivity index is 2.94. The van der Waals surface area contributed by atoms with Gasteiger partial charge >= 0.3 is 5.97 Å². The number of halogens is 1. The van der Waals surface area contributed by atoms with E-state index in [4.69, 9.17) is 0 Å². The van der Waals surface area contributed by atoms with Crippen molar-refractivity contribution in [3.63, 3.8) is 0 Å². The Bertz CT molecular complexity index is 369. The van der Waals surface area contributed by atoms with Crippen molar-refractivity contribution in [2.24, 2.45) is 0 Å². The summed E-state index contributed by atoms with van der Waals surface area (Å²) in [6.45, 7) is 3.70. The predicted octanol–water partition coefficient (Wildman–Crippen LogP) is 1.61. The summed E-state index contributed by atoms with van der Waals surface area (Å²) in [5.41, 5.74) is 0. The molecule has 0 aliphatic heterocycles. The van der Waals surface area contributed by atoms with Crippen molar-refractivity contribution in [3.8, 4) is 0 Å². The van der Waals surface area contributed by atoms with Crippen LogP contribution in [0, 0.1) is 5.82 Å². The topological polar surface area (TPSA) is 42.4 Å². The number of hydrogen-bond acceptors (Lipinski definition) is 4. The van der Waals surface area contributed by atoms with E-state index in [1.807, 2.05) is 13.8 Å². The highest BCUT2D eigenvalue weighted by atomic mass is 19.1. The third-order valence-electron chi connectivity index (χ3n) is 2.16. The Hall–Kier alpha value is -1.65. The molecule has 5 heteroatoms. The monoisotopic (exact) mass is 226 g/mol. The summed E-state index contributed by atoms with van der Waals surface area (Å²) in [4.78, 5) is 16.7.